The number of carbonyl (C=O) groups excluding carboxylic acids is 1. The highest BCUT2D eigenvalue weighted by Crippen LogP contribution is 2.26. The minimum absolute atomic E-state index is 0.223. The van der Waals surface area contributed by atoms with Crippen molar-refractivity contribution in [3.05, 3.63) is 35.4 Å². The van der Waals surface area contributed by atoms with Gasteiger partial charge >= 0.3 is 0 Å². The van der Waals surface area contributed by atoms with E-state index >= 15 is 0 Å². The molecule has 0 aliphatic carbocycles. The number of H-pyrrole nitrogens is 1. The molecular weight excluding hydrogens is 270 g/mol. The van der Waals surface area contributed by atoms with Crippen molar-refractivity contribution in [2.75, 3.05) is 19.4 Å². The second-order valence-electron chi connectivity index (χ2n) is 4.65. The van der Waals surface area contributed by atoms with Crippen LogP contribution in [0, 0.1) is 6.92 Å². The molecule has 0 saturated heterocycles. The molecule has 7 heteroatoms. The molecule has 1 amide bonds. The molecule has 2 rings (SSSR count). The summed E-state index contributed by atoms with van der Waals surface area (Å²) in [6, 6.07) is 5.17. The molecule has 0 unspecified atom stereocenters. The highest BCUT2D eigenvalue weighted by Gasteiger charge is 2.20. The summed E-state index contributed by atoms with van der Waals surface area (Å²) in [5.74, 6) is 1.52. The third-order valence-electron chi connectivity index (χ3n) is 2.94. The third kappa shape index (κ3) is 3.31. The number of nitrogens with zero attached hydrogens (tertiary/aromatic N) is 3. The van der Waals surface area contributed by atoms with Crippen LogP contribution < -0.4 is 10.5 Å². The Morgan fingerprint density at radius 2 is 2.24 bits per heavy atom. The molecule has 3 N–H and O–H groups in total. The van der Waals surface area contributed by atoms with Gasteiger partial charge in [-0.05, 0) is 26.0 Å². The molecule has 0 fully saturated rings. The maximum atomic E-state index is 12.6. The highest BCUT2D eigenvalue weighted by atomic mass is 16.5. The van der Waals surface area contributed by atoms with E-state index in [-0.39, 0.29) is 5.91 Å². The first-order chi connectivity index (χ1) is 10.0. The maximum Gasteiger partial charge on any atom is 0.259 e. The SMILES string of the molecule is CCOc1cccc(N)c1C(=O)N(C)Cc1n[nH]c(C)n1. The van der Waals surface area contributed by atoms with E-state index in [2.05, 4.69) is 15.2 Å². The van der Waals surface area contributed by atoms with Crippen LogP contribution in [0.1, 0.15) is 28.9 Å². The zero-order chi connectivity index (χ0) is 15.4. The van der Waals surface area contributed by atoms with Gasteiger partial charge in [-0.3, -0.25) is 9.89 Å². The van der Waals surface area contributed by atoms with E-state index in [9.17, 15) is 4.79 Å². The number of carbonyl (C=O) groups is 1. The van der Waals surface area contributed by atoms with Crippen LogP contribution >= 0.6 is 0 Å². The van der Waals surface area contributed by atoms with Crippen molar-refractivity contribution in [2.24, 2.45) is 0 Å². The first-order valence-corrected chi connectivity index (χ1v) is 6.67. The molecule has 0 bridgehead atoms. The second kappa shape index (κ2) is 6.25. The number of hydrogen-bond donors (Lipinski definition) is 2. The average molecular weight is 289 g/mol. The van der Waals surface area contributed by atoms with Crippen LogP contribution in [0.25, 0.3) is 0 Å². The molecule has 0 aliphatic heterocycles. The van der Waals surface area contributed by atoms with E-state index in [1.165, 1.54) is 4.90 Å². The minimum Gasteiger partial charge on any atom is -0.493 e. The number of nitrogens with two attached hydrogens (primary N) is 1. The number of aromatic nitrogens is 3. The topological polar surface area (TPSA) is 97.1 Å². The van der Waals surface area contributed by atoms with Gasteiger partial charge < -0.3 is 15.4 Å². The number of anilines is 1. The van der Waals surface area contributed by atoms with Gasteiger partial charge in [0.1, 0.15) is 17.1 Å². The molecular formula is C14H19N5O2. The Labute approximate surface area is 123 Å². The Kier molecular flexibility index (Phi) is 4.42. The Hall–Kier alpha value is -2.57. The van der Waals surface area contributed by atoms with Gasteiger partial charge in [0.15, 0.2) is 5.82 Å². The van der Waals surface area contributed by atoms with E-state index in [1.807, 2.05) is 6.92 Å². The summed E-state index contributed by atoms with van der Waals surface area (Å²) < 4.78 is 5.48. The predicted molar refractivity (Wildman–Crippen MR) is 78.9 cm³/mol. The van der Waals surface area contributed by atoms with Crippen molar-refractivity contribution in [2.45, 2.75) is 20.4 Å². The van der Waals surface area contributed by atoms with Crippen LogP contribution in [0.3, 0.4) is 0 Å². The van der Waals surface area contributed by atoms with Gasteiger partial charge in [-0.2, -0.15) is 5.10 Å². The van der Waals surface area contributed by atoms with E-state index in [0.717, 1.165) is 0 Å². The molecule has 0 atom stereocenters. The third-order valence-corrected chi connectivity index (χ3v) is 2.94. The van der Waals surface area contributed by atoms with E-state index in [4.69, 9.17) is 10.5 Å². The molecule has 7 nitrogen and oxygen atoms in total. The number of amides is 1. The van der Waals surface area contributed by atoms with Gasteiger partial charge in [0.2, 0.25) is 0 Å². The van der Waals surface area contributed by atoms with Gasteiger partial charge in [0.05, 0.1) is 13.2 Å². The maximum absolute atomic E-state index is 12.6. The quantitative estimate of drug-likeness (QED) is 0.810. The van der Waals surface area contributed by atoms with Gasteiger partial charge in [-0.15, -0.1) is 0 Å². The van der Waals surface area contributed by atoms with Crippen LogP contribution in [0.2, 0.25) is 0 Å². The molecule has 112 valence electrons. The Bertz CT molecular complexity index is 638. The fourth-order valence-corrected chi connectivity index (χ4v) is 1.99. The largest absolute Gasteiger partial charge is 0.493 e. The fourth-order valence-electron chi connectivity index (χ4n) is 1.99. The number of hydrogen-bond acceptors (Lipinski definition) is 5. The lowest BCUT2D eigenvalue weighted by atomic mass is 10.1. The molecule has 1 aromatic carbocycles. The summed E-state index contributed by atoms with van der Waals surface area (Å²) >= 11 is 0. The lowest BCUT2D eigenvalue weighted by Gasteiger charge is -2.18. The molecule has 0 saturated carbocycles. The van der Waals surface area contributed by atoms with Crippen molar-refractivity contribution in [1.29, 1.82) is 0 Å². The number of nitrogen functional groups attached to an aromatic ring is 1. The van der Waals surface area contributed by atoms with Gasteiger partial charge in [0.25, 0.3) is 5.91 Å². The van der Waals surface area contributed by atoms with E-state index in [0.29, 0.717) is 41.8 Å². The number of benzene rings is 1. The summed E-state index contributed by atoms with van der Waals surface area (Å²) in [4.78, 5) is 18.3. The minimum atomic E-state index is -0.223. The van der Waals surface area contributed by atoms with Crippen LogP contribution in [0.15, 0.2) is 18.2 Å². The number of ether oxygens (including phenoxy) is 1. The molecule has 1 heterocycles. The van der Waals surface area contributed by atoms with E-state index < -0.39 is 0 Å². The van der Waals surface area contributed by atoms with Crippen LogP contribution in [0.4, 0.5) is 5.69 Å². The molecule has 21 heavy (non-hydrogen) atoms. The summed E-state index contributed by atoms with van der Waals surface area (Å²) in [6.07, 6.45) is 0. The van der Waals surface area contributed by atoms with Gasteiger partial charge in [0, 0.05) is 12.7 Å². The number of aryl methyl sites for hydroxylation is 1. The Morgan fingerprint density at radius 3 is 2.86 bits per heavy atom. The second-order valence-corrected chi connectivity index (χ2v) is 4.65. The number of aromatic amines is 1. The molecule has 0 spiro atoms. The zero-order valence-corrected chi connectivity index (χ0v) is 12.4. The monoisotopic (exact) mass is 289 g/mol. The fraction of sp³-hybridized carbons (Fsp3) is 0.357. The standard InChI is InChI=1S/C14H19N5O2/c1-4-21-11-7-5-6-10(15)13(11)14(20)19(3)8-12-16-9(2)17-18-12/h5-7H,4,8,15H2,1-3H3,(H,16,17,18). The first kappa shape index (κ1) is 14.8. The lowest BCUT2D eigenvalue weighted by Crippen LogP contribution is -2.28. The summed E-state index contributed by atoms with van der Waals surface area (Å²) in [7, 11) is 1.68. The average Bonchev–Trinajstić information content (AvgIpc) is 2.84. The lowest BCUT2D eigenvalue weighted by molar-refractivity contribution is 0.0778. The summed E-state index contributed by atoms with van der Waals surface area (Å²) in [5, 5.41) is 6.77. The summed E-state index contributed by atoms with van der Waals surface area (Å²) in [5.41, 5.74) is 6.69. The smallest absolute Gasteiger partial charge is 0.259 e. The van der Waals surface area contributed by atoms with Crippen molar-refractivity contribution < 1.29 is 9.53 Å². The van der Waals surface area contributed by atoms with Crippen molar-refractivity contribution in [3.63, 3.8) is 0 Å². The van der Waals surface area contributed by atoms with Gasteiger partial charge in [-0.1, -0.05) is 6.07 Å². The van der Waals surface area contributed by atoms with Crippen LogP contribution in [-0.4, -0.2) is 39.6 Å². The van der Waals surface area contributed by atoms with Crippen molar-refractivity contribution in [3.8, 4) is 5.75 Å². The van der Waals surface area contributed by atoms with Crippen LogP contribution in [0.5, 0.6) is 5.75 Å². The van der Waals surface area contributed by atoms with Crippen molar-refractivity contribution >= 4 is 11.6 Å². The van der Waals surface area contributed by atoms with Gasteiger partial charge in [-0.25, -0.2) is 4.98 Å². The number of rotatable bonds is 5. The normalized spacial score (nSPS) is 10.4. The summed E-state index contributed by atoms with van der Waals surface area (Å²) in [6.45, 7) is 4.43. The molecule has 0 radical (unpaired) electrons. The highest BCUT2D eigenvalue weighted by molar-refractivity contribution is 6.01. The first-order valence-electron chi connectivity index (χ1n) is 6.67. The Balaban J connectivity index is 2.22. The zero-order valence-electron chi connectivity index (χ0n) is 12.4. The molecule has 1 aromatic heterocycles. The Morgan fingerprint density at radius 1 is 1.48 bits per heavy atom. The molecule has 0 aliphatic rings. The van der Waals surface area contributed by atoms with Crippen LogP contribution in [-0.2, 0) is 6.54 Å². The number of nitrogens with one attached hydrogen (secondary N) is 1. The predicted octanol–water partition coefficient (Wildman–Crippen LogP) is 1.37. The van der Waals surface area contributed by atoms with E-state index in [1.54, 1.807) is 32.2 Å². The molecule has 2 aromatic rings. The van der Waals surface area contributed by atoms with Crippen molar-refractivity contribution in [1.82, 2.24) is 20.1 Å².